The van der Waals surface area contributed by atoms with Gasteiger partial charge in [0.15, 0.2) is 22.6 Å². The summed E-state index contributed by atoms with van der Waals surface area (Å²) in [5, 5.41) is 8.50. The van der Waals surface area contributed by atoms with Gasteiger partial charge in [0.25, 0.3) is 0 Å². The summed E-state index contributed by atoms with van der Waals surface area (Å²) >= 11 is 0.972. The Labute approximate surface area is 185 Å². The molecule has 4 aromatic rings. The summed E-state index contributed by atoms with van der Waals surface area (Å²) in [5.74, 6) is -3.46. The summed E-state index contributed by atoms with van der Waals surface area (Å²) in [7, 11) is 0. The molecule has 32 heavy (non-hydrogen) atoms. The fourth-order valence-electron chi connectivity index (χ4n) is 2.91. The fraction of sp³-hybridized carbons (Fsp3) is 0.136. The standard InChI is InChI=1S/C22H16F4N4OS/c23-15-1-3-16(4-2-15)30-20(12-31-11-14-7-9-27-10-8-14)28-29-22(30)32-13-17-18(24)5-6-19(25)21(17)26/h1-10H,11-13H2. The Bertz CT molecular complexity index is 1200. The van der Waals surface area contributed by atoms with Crippen molar-refractivity contribution in [2.75, 3.05) is 0 Å². The molecule has 0 aliphatic heterocycles. The molecule has 0 radical (unpaired) electrons. The quantitative estimate of drug-likeness (QED) is 0.205. The van der Waals surface area contributed by atoms with Crippen LogP contribution in [0.1, 0.15) is 17.0 Å². The molecule has 0 saturated heterocycles. The van der Waals surface area contributed by atoms with Gasteiger partial charge in [-0.2, -0.15) is 0 Å². The minimum absolute atomic E-state index is 0.0793. The number of ether oxygens (including phenoxy) is 1. The second kappa shape index (κ2) is 9.92. The third kappa shape index (κ3) is 4.97. The fourth-order valence-corrected chi connectivity index (χ4v) is 3.89. The molecule has 0 atom stereocenters. The molecular formula is C22H16F4N4OS. The van der Waals surface area contributed by atoms with E-state index < -0.39 is 28.8 Å². The van der Waals surface area contributed by atoms with E-state index in [1.165, 1.54) is 24.3 Å². The van der Waals surface area contributed by atoms with Crippen molar-refractivity contribution < 1.29 is 22.3 Å². The Morgan fingerprint density at radius 1 is 0.812 bits per heavy atom. The highest BCUT2D eigenvalue weighted by atomic mass is 32.2. The molecule has 0 unspecified atom stereocenters. The van der Waals surface area contributed by atoms with Gasteiger partial charge in [-0.15, -0.1) is 10.2 Å². The van der Waals surface area contributed by atoms with Gasteiger partial charge in [-0.1, -0.05) is 11.8 Å². The normalized spacial score (nSPS) is 11.1. The summed E-state index contributed by atoms with van der Waals surface area (Å²) < 4.78 is 62.3. The van der Waals surface area contributed by atoms with Crippen LogP contribution in [-0.2, 0) is 23.7 Å². The first kappa shape index (κ1) is 22.0. The van der Waals surface area contributed by atoms with Gasteiger partial charge < -0.3 is 4.74 Å². The van der Waals surface area contributed by atoms with Gasteiger partial charge >= 0.3 is 0 Å². The maximum absolute atomic E-state index is 14.0. The largest absolute Gasteiger partial charge is 0.369 e. The van der Waals surface area contributed by atoms with Crippen LogP contribution in [0.15, 0.2) is 66.1 Å². The van der Waals surface area contributed by atoms with Crippen LogP contribution < -0.4 is 0 Å². The molecular weight excluding hydrogens is 444 g/mol. The Morgan fingerprint density at radius 3 is 2.28 bits per heavy atom. The number of nitrogens with zero attached hydrogens (tertiary/aromatic N) is 4. The van der Waals surface area contributed by atoms with E-state index in [1.54, 1.807) is 17.0 Å². The lowest BCUT2D eigenvalue weighted by Crippen LogP contribution is -2.06. The van der Waals surface area contributed by atoms with Crippen molar-refractivity contribution in [1.29, 1.82) is 0 Å². The average molecular weight is 460 g/mol. The van der Waals surface area contributed by atoms with E-state index in [9.17, 15) is 17.6 Å². The van der Waals surface area contributed by atoms with Crippen LogP contribution in [-0.4, -0.2) is 19.7 Å². The molecule has 0 saturated carbocycles. The van der Waals surface area contributed by atoms with E-state index in [0.29, 0.717) is 23.3 Å². The van der Waals surface area contributed by atoms with Gasteiger partial charge in [-0.25, -0.2) is 17.6 Å². The minimum Gasteiger partial charge on any atom is -0.369 e. The Kier molecular flexibility index (Phi) is 6.81. The van der Waals surface area contributed by atoms with E-state index >= 15 is 0 Å². The average Bonchev–Trinajstić information content (AvgIpc) is 3.20. The van der Waals surface area contributed by atoms with Crippen LogP contribution in [0.4, 0.5) is 17.6 Å². The third-order valence-electron chi connectivity index (χ3n) is 4.52. The van der Waals surface area contributed by atoms with Crippen LogP contribution in [0.3, 0.4) is 0 Å². The molecule has 5 nitrogen and oxygen atoms in total. The molecule has 0 aliphatic rings. The van der Waals surface area contributed by atoms with E-state index in [1.807, 2.05) is 12.1 Å². The zero-order valence-corrected chi connectivity index (χ0v) is 17.3. The first-order chi connectivity index (χ1) is 15.5. The van der Waals surface area contributed by atoms with Crippen molar-refractivity contribution in [2.45, 2.75) is 24.1 Å². The number of halogens is 4. The molecule has 0 amide bonds. The van der Waals surface area contributed by atoms with Crippen LogP contribution in [0.5, 0.6) is 0 Å². The summed E-state index contributed by atoms with van der Waals surface area (Å²) in [5.41, 5.74) is 1.06. The zero-order valence-electron chi connectivity index (χ0n) is 16.5. The smallest absolute Gasteiger partial charge is 0.196 e. The molecule has 164 valence electrons. The van der Waals surface area contributed by atoms with Crippen molar-refractivity contribution in [3.8, 4) is 5.69 Å². The third-order valence-corrected chi connectivity index (χ3v) is 5.47. The molecule has 2 heterocycles. The Hall–Kier alpha value is -3.24. The summed E-state index contributed by atoms with van der Waals surface area (Å²) in [6, 6.07) is 10.8. The zero-order chi connectivity index (χ0) is 22.5. The Morgan fingerprint density at radius 2 is 1.53 bits per heavy atom. The van der Waals surface area contributed by atoms with Gasteiger partial charge in [0.1, 0.15) is 18.2 Å². The maximum Gasteiger partial charge on any atom is 0.196 e. The number of rotatable bonds is 8. The first-order valence-electron chi connectivity index (χ1n) is 9.45. The topological polar surface area (TPSA) is 52.8 Å². The number of pyridine rings is 1. The van der Waals surface area contributed by atoms with Crippen LogP contribution in [0.2, 0.25) is 0 Å². The van der Waals surface area contributed by atoms with Gasteiger partial charge in [0.2, 0.25) is 0 Å². The predicted octanol–water partition coefficient (Wildman–Crippen LogP) is 5.23. The second-order valence-electron chi connectivity index (χ2n) is 6.67. The van der Waals surface area contributed by atoms with Crippen molar-refractivity contribution in [2.24, 2.45) is 0 Å². The number of aromatic nitrogens is 4. The summed E-state index contributed by atoms with van der Waals surface area (Å²) in [6.45, 7) is 0.386. The van der Waals surface area contributed by atoms with Crippen LogP contribution in [0.25, 0.3) is 5.69 Å². The van der Waals surface area contributed by atoms with Crippen molar-refractivity contribution in [3.63, 3.8) is 0 Å². The molecule has 2 aromatic carbocycles. The van der Waals surface area contributed by atoms with Crippen LogP contribution >= 0.6 is 11.8 Å². The molecule has 0 N–H and O–H groups in total. The van der Waals surface area contributed by atoms with Crippen LogP contribution in [0, 0.1) is 23.3 Å². The highest BCUT2D eigenvalue weighted by molar-refractivity contribution is 7.98. The molecule has 0 fully saturated rings. The SMILES string of the molecule is Fc1ccc(-n2c(COCc3ccncc3)nnc2SCc2c(F)ccc(F)c2F)cc1. The monoisotopic (exact) mass is 460 g/mol. The van der Waals surface area contributed by atoms with Gasteiger partial charge in [-0.05, 0) is 54.1 Å². The van der Waals surface area contributed by atoms with Gasteiger partial charge in [0, 0.05) is 29.4 Å². The Balaban J connectivity index is 1.58. The molecule has 10 heteroatoms. The number of hydrogen-bond acceptors (Lipinski definition) is 5. The highest BCUT2D eigenvalue weighted by Crippen LogP contribution is 2.28. The highest BCUT2D eigenvalue weighted by Gasteiger charge is 2.19. The molecule has 4 rings (SSSR count). The van der Waals surface area contributed by atoms with Gasteiger partial charge in [0.05, 0.1) is 6.61 Å². The predicted molar refractivity (Wildman–Crippen MR) is 110 cm³/mol. The van der Waals surface area contributed by atoms with Gasteiger partial charge in [-0.3, -0.25) is 9.55 Å². The van der Waals surface area contributed by atoms with Crippen molar-refractivity contribution in [1.82, 2.24) is 19.7 Å². The molecule has 2 aromatic heterocycles. The van der Waals surface area contributed by atoms with Crippen molar-refractivity contribution >= 4 is 11.8 Å². The number of hydrogen-bond donors (Lipinski definition) is 0. The molecule has 0 aliphatic carbocycles. The molecule has 0 bridgehead atoms. The lowest BCUT2D eigenvalue weighted by atomic mass is 10.2. The maximum atomic E-state index is 14.0. The second-order valence-corrected chi connectivity index (χ2v) is 7.61. The minimum atomic E-state index is -1.24. The number of thioether (sulfide) groups is 1. The number of benzene rings is 2. The van der Waals surface area contributed by atoms with E-state index in [0.717, 1.165) is 29.5 Å². The summed E-state index contributed by atoms with van der Waals surface area (Å²) in [4.78, 5) is 3.95. The van der Waals surface area contributed by atoms with E-state index in [2.05, 4.69) is 15.2 Å². The van der Waals surface area contributed by atoms with E-state index in [4.69, 9.17) is 4.74 Å². The van der Waals surface area contributed by atoms with E-state index in [-0.39, 0.29) is 12.4 Å². The molecule has 0 spiro atoms. The summed E-state index contributed by atoms with van der Waals surface area (Å²) in [6.07, 6.45) is 3.30. The van der Waals surface area contributed by atoms with Crippen molar-refractivity contribution in [3.05, 3.63) is 101 Å². The lowest BCUT2D eigenvalue weighted by Gasteiger charge is -2.11. The lowest BCUT2D eigenvalue weighted by molar-refractivity contribution is 0.100. The first-order valence-corrected chi connectivity index (χ1v) is 10.4.